The predicted octanol–water partition coefficient (Wildman–Crippen LogP) is 2.01. The van der Waals surface area contributed by atoms with Crippen LogP contribution in [0.3, 0.4) is 0 Å². The number of Topliss-reactive ketones (excluding diaryl/α,β-unsaturated/α-hetero) is 1. The van der Waals surface area contributed by atoms with Crippen molar-refractivity contribution < 1.29 is 9.90 Å². The third kappa shape index (κ3) is 4.54. The summed E-state index contributed by atoms with van der Waals surface area (Å²) in [4.78, 5) is 43.7. The minimum atomic E-state index is -0.483. The zero-order valence-corrected chi connectivity index (χ0v) is 17.7. The number of aromatic nitrogens is 4. The summed E-state index contributed by atoms with van der Waals surface area (Å²) in [5.74, 6) is 0.219. The van der Waals surface area contributed by atoms with Crippen LogP contribution in [0.2, 0.25) is 0 Å². The van der Waals surface area contributed by atoms with Crippen molar-refractivity contribution in [1.29, 1.82) is 0 Å². The number of aryl methyl sites for hydroxylation is 2. The summed E-state index contributed by atoms with van der Waals surface area (Å²) in [6, 6.07) is 7.81. The fraction of sp³-hybridized carbons (Fsp3) is 0.478. The van der Waals surface area contributed by atoms with E-state index in [4.69, 9.17) is 0 Å². The van der Waals surface area contributed by atoms with Crippen molar-refractivity contribution in [2.75, 3.05) is 0 Å². The van der Waals surface area contributed by atoms with Gasteiger partial charge in [-0.05, 0) is 43.7 Å². The lowest BCUT2D eigenvalue weighted by molar-refractivity contribution is -0.125. The Morgan fingerprint density at radius 3 is 2.65 bits per heavy atom. The van der Waals surface area contributed by atoms with Crippen LogP contribution in [0.5, 0.6) is 0 Å². The molecule has 2 N–H and O–H groups in total. The number of carbonyl (C=O) groups excluding carboxylic acids is 1. The topological polar surface area (TPSA) is 110 Å². The fourth-order valence-corrected chi connectivity index (χ4v) is 4.43. The van der Waals surface area contributed by atoms with E-state index in [2.05, 4.69) is 9.97 Å². The third-order valence-corrected chi connectivity index (χ3v) is 6.22. The number of H-pyrrole nitrogens is 1. The molecule has 0 spiro atoms. The van der Waals surface area contributed by atoms with Crippen molar-refractivity contribution in [2.45, 2.75) is 64.6 Å². The van der Waals surface area contributed by atoms with Crippen LogP contribution in [0.15, 0.2) is 40.2 Å². The average molecular weight is 425 g/mol. The fourth-order valence-electron chi connectivity index (χ4n) is 4.43. The number of benzene rings is 1. The molecule has 8 heteroatoms. The van der Waals surface area contributed by atoms with Gasteiger partial charge in [0.05, 0.1) is 19.0 Å². The van der Waals surface area contributed by atoms with Crippen LogP contribution in [0.4, 0.5) is 0 Å². The van der Waals surface area contributed by atoms with Crippen molar-refractivity contribution in [2.24, 2.45) is 5.92 Å². The maximum atomic E-state index is 12.5. The Balaban J connectivity index is 1.45. The normalized spacial score (nSPS) is 19.0. The molecule has 31 heavy (non-hydrogen) atoms. The maximum Gasteiger partial charge on any atom is 0.330 e. The number of nitrogens with one attached hydrogen (secondary N) is 1. The van der Waals surface area contributed by atoms with Crippen LogP contribution in [-0.4, -0.2) is 36.1 Å². The number of rotatable bonds is 7. The summed E-state index contributed by atoms with van der Waals surface area (Å²) in [5, 5.41) is 9.78. The highest BCUT2D eigenvalue weighted by molar-refractivity contribution is 5.81. The van der Waals surface area contributed by atoms with E-state index in [1.807, 2.05) is 31.2 Å². The molecule has 4 rings (SSSR count). The molecular weight excluding hydrogens is 396 g/mol. The van der Waals surface area contributed by atoms with Gasteiger partial charge in [0.15, 0.2) is 11.2 Å². The number of hydrogen-bond donors (Lipinski definition) is 2. The molecule has 3 aromatic rings. The SMILES string of the molecule is CCn1cnc2c1c(=O)[nH]c(=O)n2Cc1ccc(CCC(=O)C2CCCC(O)C2)cc1. The molecule has 1 saturated carbocycles. The number of aliphatic hydroxyl groups is 1. The van der Waals surface area contributed by atoms with E-state index in [1.54, 1.807) is 10.9 Å². The second-order valence-corrected chi connectivity index (χ2v) is 8.35. The largest absolute Gasteiger partial charge is 0.393 e. The highest BCUT2D eigenvalue weighted by Crippen LogP contribution is 2.26. The van der Waals surface area contributed by atoms with Gasteiger partial charge in [0.2, 0.25) is 0 Å². The first-order chi connectivity index (χ1) is 15.0. The number of ketones is 1. The summed E-state index contributed by atoms with van der Waals surface area (Å²) in [6.45, 7) is 2.80. The number of hydrogen-bond acceptors (Lipinski definition) is 5. The summed E-state index contributed by atoms with van der Waals surface area (Å²) >= 11 is 0. The second kappa shape index (κ2) is 9.01. The van der Waals surface area contributed by atoms with Gasteiger partial charge in [-0.3, -0.25) is 19.1 Å². The molecular formula is C23H28N4O4. The highest BCUT2D eigenvalue weighted by atomic mass is 16.3. The number of aliphatic hydroxyl groups excluding tert-OH is 1. The highest BCUT2D eigenvalue weighted by Gasteiger charge is 2.25. The lowest BCUT2D eigenvalue weighted by Crippen LogP contribution is -2.31. The van der Waals surface area contributed by atoms with Crippen LogP contribution in [0.25, 0.3) is 11.2 Å². The summed E-state index contributed by atoms with van der Waals surface area (Å²) in [6.07, 6.45) is 5.56. The summed E-state index contributed by atoms with van der Waals surface area (Å²) < 4.78 is 3.19. The van der Waals surface area contributed by atoms with Crippen molar-refractivity contribution in [3.05, 3.63) is 62.6 Å². The third-order valence-electron chi connectivity index (χ3n) is 6.22. The first-order valence-corrected chi connectivity index (χ1v) is 10.9. The van der Waals surface area contributed by atoms with Crippen molar-refractivity contribution in [1.82, 2.24) is 19.1 Å². The van der Waals surface area contributed by atoms with Gasteiger partial charge in [-0.15, -0.1) is 0 Å². The number of carbonyl (C=O) groups is 1. The van der Waals surface area contributed by atoms with Crippen LogP contribution >= 0.6 is 0 Å². The Morgan fingerprint density at radius 1 is 1.19 bits per heavy atom. The summed E-state index contributed by atoms with van der Waals surface area (Å²) in [5.41, 5.74) is 1.82. The molecule has 0 amide bonds. The first-order valence-electron chi connectivity index (χ1n) is 10.9. The van der Waals surface area contributed by atoms with E-state index in [0.717, 1.165) is 30.4 Å². The van der Waals surface area contributed by atoms with Crippen LogP contribution < -0.4 is 11.2 Å². The molecule has 1 fully saturated rings. The van der Waals surface area contributed by atoms with Crippen molar-refractivity contribution in [3.8, 4) is 0 Å². The van der Waals surface area contributed by atoms with E-state index < -0.39 is 11.2 Å². The van der Waals surface area contributed by atoms with E-state index >= 15 is 0 Å². The Kier molecular flexibility index (Phi) is 6.18. The number of aromatic amines is 1. The van der Waals surface area contributed by atoms with Gasteiger partial charge in [-0.2, -0.15) is 0 Å². The number of fused-ring (bicyclic) bond motifs is 1. The minimum Gasteiger partial charge on any atom is -0.393 e. The number of imidazole rings is 1. The molecule has 1 aliphatic carbocycles. The average Bonchev–Trinajstić information content (AvgIpc) is 3.20. The van der Waals surface area contributed by atoms with E-state index in [0.29, 0.717) is 43.5 Å². The Hall–Kier alpha value is -3.00. The number of nitrogens with zero attached hydrogens (tertiary/aromatic N) is 3. The molecule has 1 aromatic carbocycles. The zero-order valence-electron chi connectivity index (χ0n) is 17.7. The first kappa shape index (κ1) is 21.2. The van der Waals surface area contributed by atoms with Gasteiger partial charge in [0, 0.05) is 18.9 Å². The van der Waals surface area contributed by atoms with Gasteiger partial charge in [-0.25, -0.2) is 9.78 Å². The van der Waals surface area contributed by atoms with Crippen LogP contribution in [-0.2, 0) is 24.3 Å². The standard InChI is InChI=1S/C23H28N4O4/c1-2-26-14-24-21-20(26)22(30)25-23(31)27(21)13-16-8-6-15(7-9-16)10-11-19(29)17-4-3-5-18(28)12-17/h6-9,14,17-18,28H,2-5,10-13H2,1H3,(H,25,30,31). The van der Waals surface area contributed by atoms with Gasteiger partial charge < -0.3 is 9.67 Å². The second-order valence-electron chi connectivity index (χ2n) is 8.35. The molecule has 0 aliphatic heterocycles. The molecule has 0 bridgehead atoms. The molecule has 1 aliphatic rings. The van der Waals surface area contributed by atoms with E-state index in [-0.39, 0.29) is 17.8 Å². The molecule has 164 valence electrons. The van der Waals surface area contributed by atoms with Crippen molar-refractivity contribution >= 4 is 16.9 Å². The van der Waals surface area contributed by atoms with Crippen LogP contribution in [0.1, 0.15) is 50.2 Å². The molecule has 2 aromatic heterocycles. The Morgan fingerprint density at radius 2 is 1.94 bits per heavy atom. The van der Waals surface area contributed by atoms with Crippen molar-refractivity contribution in [3.63, 3.8) is 0 Å². The quantitative estimate of drug-likeness (QED) is 0.603. The molecule has 0 radical (unpaired) electrons. The van der Waals surface area contributed by atoms with Gasteiger partial charge in [-0.1, -0.05) is 30.7 Å². The van der Waals surface area contributed by atoms with Crippen LogP contribution in [0, 0.1) is 5.92 Å². The Bertz CT molecular complexity index is 1190. The van der Waals surface area contributed by atoms with Gasteiger partial charge in [0.25, 0.3) is 5.56 Å². The Labute approximate surface area is 179 Å². The molecule has 2 unspecified atom stereocenters. The molecule has 2 heterocycles. The predicted molar refractivity (Wildman–Crippen MR) is 117 cm³/mol. The van der Waals surface area contributed by atoms with E-state index in [9.17, 15) is 19.5 Å². The smallest absolute Gasteiger partial charge is 0.330 e. The zero-order chi connectivity index (χ0) is 22.0. The monoisotopic (exact) mass is 424 g/mol. The maximum absolute atomic E-state index is 12.5. The lowest BCUT2D eigenvalue weighted by atomic mass is 9.83. The van der Waals surface area contributed by atoms with Gasteiger partial charge >= 0.3 is 5.69 Å². The molecule has 2 atom stereocenters. The summed E-state index contributed by atoms with van der Waals surface area (Å²) in [7, 11) is 0. The van der Waals surface area contributed by atoms with Gasteiger partial charge in [0.1, 0.15) is 5.78 Å². The molecule has 0 saturated heterocycles. The lowest BCUT2D eigenvalue weighted by Gasteiger charge is -2.24. The van der Waals surface area contributed by atoms with E-state index in [1.165, 1.54) is 4.57 Å². The molecule has 8 nitrogen and oxygen atoms in total. The minimum absolute atomic E-state index is 0.0135.